The van der Waals surface area contributed by atoms with E-state index in [1.54, 1.807) is 0 Å². The van der Waals surface area contributed by atoms with E-state index in [1.807, 2.05) is 0 Å². The summed E-state index contributed by atoms with van der Waals surface area (Å²) in [6.45, 7) is 0.625. The van der Waals surface area contributed by atoms with Crippen molar-refractivity contribution < 1.29 is 8.42 Å². The molecule has 0 radical (unpaired) electrons. The lowest BCUT2D eigenvalue weighted by Crippen LogP contribution is -2.46. The van der Waals surface area contributed by atoms with Crippen molar-refractivity contribution in [2.24, 2.45) is 5.73 Å². The van der Waals surface area contributed by atoms with E-state index in [0.717, 1.165) is 38.5 Å². The van der Waals surface area contributed by atoms with E-state index < -0.39 is 10.0 Å². The number of hydrogen-bond acceptors (Lipinski definition) is 3. The summed E-state index contributed by atoms with van der Waals surface area (Å²) in [5, 5.41) is -0.157. The van der Waals surface area contributed by atoms with Crippen LogP contribution in [0.5, 0.6) is 0 Å². The summed E-state index contributed by atoms with van der Waals surface area (Å²) in [7, 11) is -3.10. The fourth-order valence-corrected chi connectivity index (χ4v) is 4.81. The molecule has 0 aromatic rings. The Kier molecular flexibility index (Phi) is 3.33. The number of sulfonamides is 1. The second-order valence-corrected chi connectivity index (χ2v) is 6.79. The molecule has 0 amide bonds. The van der Waals surface area contributed by atoms with E-state index >= 15 is 0 Å². The summed E-state index contributed by atoms with van der Waals surface area (Å²) >= 11 is 0. The lowest BCUT2D eigenvalue weighted by molar-refractivity contribution is 0.375. The molecule has 0 aromatic carbocycles. The second kappa shape index (κ2) is 4.39. The molecule has 1 unspecified atom stereocenters. The monoisotopic (exact) mass is 232 g/mol. The fraction of sp³-hybridized carbons (Fsp3) is 1.00. The number of nitrogens with zero attached hydrogens (tertiary/aromatic N) is 1. The molecule has 2 fully saturated rings. The molecule has 1 aliphatic heterocycles. The minimum Gasteiger partial charge on any atom is -0.315 e. The first-order valence-electron chi connectivity index (χ1n) is 5.88. The molecule has 1 aliphatic carbocycles. The van der Waals surface area contributed by atoms with E-state index in [2.05, 4.69) is 0 Å². The fourth-order valence-electron chi connectivity index (χ4n) is 2.64. The molecule has 15 heavy (non-hydrogen) atoms. The van der Waals surface area contributed by atoms with Crippen LogP contribution in [0.2, 0.25) is 0 Å². The quantitative estimate of drug-likeness (QED) is 0.773. The Balaban J connectivity index is 2.10. The predicted molar refractivity (Wildman–Crippen MR) is 59.7 cm³/mol. The van der Waals surface area contributed by atoms with Gasteiger partial charge < -0.3 is 5.73 Å². The average Bonchev–Trinajstić information content (AvgIpc) is 2.66. The highest BCUT2D eigenvalue weighted by Crippen LogP contribution is 2.29. The third-order valence-corrected chi connectivity index (χ3v) is 5.97. The van der Waals surface area contributed by atoms with Gasteiger partial charge in [-0.05, 0) is 25.7 Å². The van der Waals surface area contributed by atoms with Gasteiger partial charge in [0.05, 0.1) is 11.4 Å². The highest BCUT2D eigenvalue weighted by Gasteiger charge is 2.37. The van der Waals surface area contributed by atoms with Crippen LogP contribution < -0.4 is 5.73 Å². The van der Waals surface area contributed by atoms with Crippen LogP contribution >= 0.6 is 0 Å². The summed E-state index contributed by atoms with van der Waals surface area (Å²) in [6.07, 6.45) is 6.38. The minimum atomic E-state index is -3.10. The van der Waals surface area contributed by atoms with Gasteiger partial charge in [0.2, 0.25) is 10.0 Å². The van der Waals surface area contributed by atoms with Crippen LogP contribution in [0.3, 0.4) is 0 Å². The normalized spacial score (nSPS) is 30.9. The molecule has 0 aromatic heterocycles. The van der Waals surface area contributed by atoms with E-state index in [-0.39, 0.29) is 11.4 Å². The second-order valence-electron chi connectivity index (χ2n) is 4.63. The summed E-state index contributed by atoms with van der Waals surface area (Å²) in [5.41, 5.74) is 5.82. The Labute approximate surface area is 91.9 Å². The maximum atomic E-state index is 12.2. The van der Waals surface area contributed by atoms with Gasteiger partial charge in [0.15, 0.2) is 0 Å². The zero-order valence-corrected chi connectivity index (χ0v) is 9.88. The molecule has 1 saturated carbocycles. The van der Waals surface area contributed by atoms with Crippen molar-refractivity contribution in [1.29, 1.82) is 0 Å². The SMILES string of the molecule is NC1CCCN1S(=O)(=O)C1CCCCC1. The van der Waals surface area contributed by atoms with Crippen LogP contribution in [0.4, 0.5) is 0 Å². The standard InChI is InChI=1S/C10H20N2O2S/c11-10-7-4-8-12(10)15(13,14)9-5-2-1-3-6-9/h9-10H,1-8,11H2. The van der Waals surface area contributed by atoms with E-state index in [0.29, 0.717) is 6.54 Å². The molecule has 5 heteroatoms. The molecular formula is C10H20N2O2S. The zero-order valence-electron chi connectivity index (χ0n) is 9.06. The highest BCUT2D eigenvalue weighted by atomic mass is 32.2. The topological polar surface area (TPSA) is 63.4 Å². The molecule has 2 rings (SSSR count). The summed E-state index contributed by atoms with van der Waals surface area (Å²) < 4.78 is 26.0. The van der Waals surface area contributed by atoms with Crippen molar-refractivity contribution in [1.82, 2.24) is 4.31 Å². The lowest BCUT2D eigenvalue weighted by atomic mass is 10.0. The Morgan fingerprint density at radius 1 is 1.00 bits per heavy atom. The lowest BCUT2D eigenvalue weighted by Gasteiger charge is -2.29. The molecule has 4 nitrogen and oxygen atoms in total. The smallest absolute Gasteiger partial charge is 0.218 e. The number of nitrogens with two attached hydrogens (primary N) is 1. The summed E-state index contributed by atoms with van der Waals surface area (Å²) in [5.74, 6) is 0. The maximum Gasteiger partial charge on any atom is 0.218 e. The number of hydrogen-bond donors (Lipinski definition) is 1. The Morgan fingerprint density at radius 2 is 1.67 bits per heavy atom. The highest BCUT2D eigenvalue weighted by molar-refractivity contribution is 7.89. The van der Waals surface area contributed by atoms with Gasteiger partial charge in [-0.2, -0.15) is 4.31 Å². The molecular weight excluding hydrogens is 212 g/mol. The first-order chi connectivity index (χ1) is 7.12. The van der Waals surface area contributed by atoms with Crippen molar-refractivity contribution >= 4 is 10.0 Å². The molecule has 2 aliphatic rings. The zero-order chi connectivity index (χ0) is 10.9. The van der Waals surface area contributed by atoms with Crippen LogP contribution in [0.1, 0.15) is 44.9 Å². The van der Waals surface area contributed by atoms with Crippen molar-refractivity contribution in [2.45, 2.75) is 56.4 Å². The van der Waals surface area contributed by atoms with Crippen LogP contribution in [-0.4, -0.2) is 30.7 Å². The molecule has 1 heterocycles. The van der Waals surface area contributed by atoms with Crippen molar-refractivity contribution in [3.05, 3.63) is 0 Å². The van der Waals surface area contributed by atoms with Crippen LogP contribution in [-0.2, 0) is 10.0 Å². The van der Waals surface area contributed by atoms with Gasteiger partial charge in [-0.3, -0.25) is 0 Å². The molecule has 0 spiro atoms. The first-order valence-corrected chi connectivity index (χ1v) is 7.39. The van der Waals surface area contributed by atoms with Gasteiger partial charge in [0, 0.05) is 6.54 Å². The van der Waals surface area contributed by atoms with Crippen molar-refractivity contribution in [2.75, 3.05) is 6.54 Å². The van der Waals surface area contributed by atoms with Crippen LogP contribution in [0, 0.1) is 0 Å². The van der Waals surface area contributed by atoms with Gasteiger partial charge in [0.1, 0.15) is 0 Å². The van der Waals surface area contributed by atoms with Gasteiger partial charge in [-0.15, -0.1) is 0 Å². The van der Waals surface area contributed by atoms with Gasteiger partial charge in [-0.1, -0.05) is 19.3 Å². The van der Waals surface area contributed by atoms with E-state index in [9.17, 15) is 8.42 Å². The number of rotatable bonds is 2. The molecule has 1 atom stereocenters. The summed E-state index contributed by atoms with van der Waals surface area (Å²) in [4.78, 5) is 0. The average molecular weight is 232 g/mol. The maximum absolute atomic E-state index is 12.2. The van der Waals surface area contributed by atoms with Gasteiger partial charge >= 0.3 is 0 Å². The first kappa shape index (κ1) is 11.4. The Bertz CT molecular complexity index is 309. The third-order valence-electron chi connectivity index (χ3n) is 3.55. The predicted octanol–water partition coefficient (Wildman–Crippen LogP) is 1.03. The largest absolute Gasteiger partial charge is 0.315 e. The molecule has 2 N–H and O–H groups in total. The van der Waals surface area contributed by atoms with Crippen molar-refractivity contribution in [3.63, 3.8) is 0 Å². The minimum absolute atomic E-state index is 0.157. The van der Waals surface area contributed by atoms with Crippen LogP contribution in [0.15, 0.2) is 0 Å². The molecule has 0 bridgehead atoms. The van der Waals surface area contributed by atoms with Gasteiger partial charge in [-0.25, -0.2) is 8.42 Å². The molecule has 1 saturated heterocycles. The third kappa shape index (κ3) is 2.19. The Morgan fingerprint density at radius 3 is 2.20 bits per heavy atom. The van der Waals surface area contributed by atoms with Gasteiger partial charge in [0.25, 0.3) is 0 Å². The van der Waals surface area contributed by atoms with E-state index in [4.69, 9.17) is 5.73 Å². The van der Waals surface area contributed by atoms with Crippen LogP contribution in [0.25, 0.3) is 0 Å². The summed E-state index contributed by atoms with van der Waals surface area (Å²) in [6, 6.07) is 0. The van der Waals surface area contributed by atoms with E-state index in [1.165, 1.54) is 10.7 Å². The van der Waals surface area contributed by atoms with Crippen molar-refractivity contribution in [3.8, 4) is 0 Å². The molecule has 88 valence electrons. The Hall–Kier alpha value is -0.130.